The zero-order chi connectivity index (χ0) is 19.5. The summed E-state index contributed by atoms with van der Waals surface area (Å²) < 4.78 is 0. The number of amides is 1. The van der Waals surface area contributed by atoms with Crippen molar-refractivity contribution in [2.24, 2.45) is 4.99 Å². The first-order valence-corrected chi connectivity index (χ1v) is 10.1. The van der Waals surface area contributed by atoms with Gasteiger partial charge in [0.1, 0.15) is 0 Å². The molecule has 1 saturated carbocycles. The highest BCUT2D eigenvalue weighted by Crippen LogP contribution is 2.21. The molecule has 0 atom stereocenters. The second-order valence-electron chi connectivity index (χ2n) is 7.23. The van der Waals surface area contributed by atoms with Gasteiger partial charge in [-0.25, -0.2) is 0 Å². The summed E-state index contributed by atoms with van der Waals surface area (Å²) in [5, 5.41) is 9.41. The molecule has 0 radical (unpaired) electrons. The molecule has 1 amide bonds. The van der Waals surface area contributed by atoms with Crippen LogP contribution >= 0.6 is 24.0 Å². The van der Waals surface area contributed by atoms with Crippen LogP contribution in [0, 0.1) is 0 Å². The van der Waals surface area contributed by atoms with E-state index in [4.69, 9.17) is 0 Å². The third-order valence-corrected chi connectivity index (χ3v) is 5.30. The fraction of sp³-hybridized carbons (Fsp3) is 0.619. The number of nitrogens with one attached hydrogen (secondary N) is 3. The first-order chi connectivity index (χ1) is 13.1. The number of benzene rings is 1. The van der Waals surface area contributed by atoms with Gasteiger partial charge in [-0.05, 0) is 44.0 Å². The summed E-state index contributed by atoms with van der Waals surface area (Å²) in [6.45, 7) is 2.69. The largest absolute Gasteiger partial charge is 0.356 e. The molecule has 6 nitrogen and oxygen atoms in total. The third kappa shape index (κ3) is 8.34. The van der Waals surface area contributed by atoms with Gasteiger partial charge in [0.2, 0.25) is 0 Å². The van der Waals surface area contributed by atoms with Gasteiger partial charge in [-0.3, -0.25) is 9.79 Å². The quantitative estimate of drug-likeness (QED) is 0.291. The zero-order valence-electron chi connectivity index (χ0n) is 17.5. The summed E-state index contributed by atoms with van der Waals surface area (Å²) >= 11 is 0. The van der Waals surface area contributed by atoms with E-state index < -0.39 is 0 Å². The summed E-state index contributed by atoms with van der Waals surface area (Å²) in [6, 6.07) is 8.48. The molecule has 158 valence electrons. The standard InChI is InChI=1S/C21H35N5O.HI/c1-22-20(27)18-9-7-8-17(16-18)12-13-24-21(23-2)25-14-15-26(3)19-10-5-4-6-11-19;/h7-9,16,19H,4-6,10-15H2,1-3H3,(H,22,27)(H2,23,24,25);1H. The van der Waals surface area contributed by atoms with E-state index in [1.54, 1.807) is 14.1 Å². The fourth-order valence-electron chi connectivity index (χ4n) is 3.61. The maximum Gasteiger partial charge on any atom is 0.251 e. The Hall–Kier alpha value is -1.35. The maximum absolute atomic E-state index is 11.7. The molecule has 1 aromatic carbocycles. The van der Waals surface area contributed by atoms with Crippen LogP contribution in [0.25, 0.3) is 0 Å². The lowest BCUT2D eigenvalue weighted by Gasteiger charge is -2.31. The van der Waals surface area contributed by atoms with Gasteiger partial charge in [0.25, 0.3) is 5.91 Å². The van der Waals surface area contributed by atoms with Gasteiger partial charge < -0.3 is 20.9 Å². The summed E-state index contributed by atoms with van der Waals surface area (Å²) in [4.78, 5) is 18.5. The van der Waals surface area contributed by atoms with Crippen LogP contribution in [0.4, 0.5) is 0 Å². The summed E-state index contributed by atoms with van der Waals surface area (Å²) in [5.74, 6) is 0.777. The Bertz CT molecular complexity index is 617. The van der Waals surface area contributed by atoms with Crippen LogP contribution < -0.4 is 16.0 Å². The Morgan fingerprint density at radius 1 is 1.18 bits per heavy atom. The molecule has 3 N–H and O–H groups in total. The Kier molecular flexibility index (Phi) is 12.1. The van der Waals surface area contributed by atoms with Crippen molar-refractivity contribution < 1.29 is 4.79 Å². The van der Waals surface area contributed by atoms with E-state index in [1.165, 1.54) is 32.1 Å². The number of rotatable bonds is 8. The highest BCUT2D eigenvalue weighted by molar-refractivity contribution is 14.0. The van der Waals surface area contributed by atoms with Gasteiger partial charge in [-0.2, -0.15) is 0 Å². The Labute approximate surface area is 187 Å². The molecular weight excluding hydrogens is 465 g/mol. The van der Waals surface area contributed by atoms with Crippen molar-refractivity contribution in [3.63, 3.8) is 0 Å². The SMILES string of the molecule is CN=C(NCCc1cccc(C(=O)NC)c1)NCCN(C)C1CCCCC1.I. The number of halogens is 1. The molecule has 0 bridgehead atoms. The first-order valence-electron chi connectivity index (χ1n) is 10.1. The minimum absolute atomic E-state index is 0. The van der Waals surface area contributed by atoms with Crippen LogP contribution in [-0.2, 0) is 6.42 Å². The smallest absolute Gasteiger partial charge is 0.251 e. The average Bonchev–Trinajstić information content (AvgIpc) is 2.72. The van der Waals surface area contributed by atoms with E-state index in [0.717, 1.165) is 43.6 Å². The van der Waals surface area contributed by atoms with Crippen LogP contribution in [0.5, 0.6) is 0 Å². The van der Waals surface area contributed by atoms with Gasteiger partial charge in [0.05, 0.1) is 0 Å². The van der Waals surface area contributed by atoms with Crippen molar-refractivity contribution in [1.29, 1.82) is 0 Å². The van der Waals surface area contributed by atoms with E-state index in [-0.39, 0.29) is 29.9 Å². The number of carbonyl (C=O) groups excluding carboxylic acids is 1. The number of carbonyl (C=O) groups is 1. The summed E-state index contributed by atoms with van der Waals surface area (Å²) in [5.41, 5.74) is 1.83. The van der Waals surface area contributed by atoms with Gasteiger partial charge in [0, 0.05) is 45.3 Å². The Balaban J connectivity index is 0.00000392. The maximum atomic E-state index is 11.7. The minimum atomic E-state index is -0.0515. The van der Waals surface area contributed by atoms with E-state index in [2.05, 4.69) is 32.9 Å². The van der Waals surface area contributed by atoms with Crippen LogP contribution in [-0.4, -0.2) is 63.6 Å². The molecular formula is C21H36IN5O. The fourth-order valence-corrected chi connectivity index (χ4v) is 3.61. The summed E-state index contributed by atoms with van der Waals surface area (Å²) in [7, 11) is 5.68. The molecule has 0 spiro atoms. The number of likely N-dealkylation sites (N-methyl/N-ethyl adjacent to an activating group) is 1. The van der Waals surface area contributed by atoms with Gasteiger partial charge in [0.15, 0.2) is 5.96 Å². The molecule has 7 heteroatoms. The monoisotopic (exact) mass is 501 g/mol. The van der Waals surface area contributed by atoms with Crippen molar-refractivity contribution in [3.05, 3.63) is 35.4 Å². The molecule has 1 aliphatic rings. The molecule has 0 heterocycles. The van der Waals surface area contributed by atoms with Gasteiger partial charge in [-0.15, -0.1) is 24.0 Å². The Morgan fingerprint density at radius 3 is 2.57 bits per heavy atom. The molecule has 0 saturated heterocycles. The predicted molar refractivity (Wildman–Crippen MR) is 128 cm³/mol. The average molecular weight is 501 g/mol. The molecule has 1 fully saturated rings. The molecule has 1 aliphatic carbocycles. The van der Waals surface area contributed by atoms with Crippen molar-refractivity contribution >= 4 is 35.8 Å². The highest BCUT2D eigenvalue weighted by atomic mass is 127. The van der Waals surface area contributed by atoms with E-state index >= 15 is 0 Å². The number of aliphatic imine (C=N–C) groups is 1. The van der Waals surface area contributed by atoms with Crippen molar-refractivity contribution in [1.82, 2.24) is 20.9 Å². The summed E-state index contributed by atoms with van der Waals surface area (Å²) in [6.07, 6.45) is 7.63. The van der Waals surface area contributed by atoms with Gasteiger partial charge in [-0.1, -0.05) is 31.4 Å². The lowest BCUT2D eigenvalue weighted by molar-refractivity contribution is 0.0963. The third-order valence-electron chi connectivity index (χ3n) is 5.30. The second kappa shape index (κ2) is 13.8. The van der Waals surface area contributed by atoms with E-state index in [1.807, 2.05) is 24.3 Å². The van der Waals surface area contributed by atoms with Crippen LogP contribution in [0.3, 0.4) is 0 Å². The first kappa shape index (κ1) is 24.7. The minimum Gasteiger partial charge on any atom is -0.356 e. The highest BCUT2D eigenvalue weighted by Gasteiger charge is 2.17. The molecule has 0 aromatic heterocycles. The lowest BCUT2D eigenvalue weighted by Crippen LogP contribution is -2.43. The second-order valence-corrected chi connectivity index (χ2v) is 7.23. The van der Waals surface area contributed by atoms with E-state index in [0.29, 0.717) is 5.56 Å². The van der Waals surface area contributed by atoms with Crippen molar-refractivity contribution in [2.45, 2.75) is 44.6 Å². The molecule has 0 unspecified atom stereocenters. The number of nitrogens with zero attached hydrogens (tertiary/aromatic N) is 2. The zero-order valence-corrected chi connectivity index (χ0v) is 19.8. The molecule has 28 heavy (non-hydrogen) atoms. The van der Waals surface area contributed by atoms with Crippen LogP contribution in [0.1, 0.15) is 48.0 Å². The number of guanidine groups is 1. The lowest BCUT2D eigenvalue weighted by atomic mass is 9.94. The molecule has 1 aromatic rings. The number of hydrogen-bond donors (Lipinski definition) is 3. The Morgan fingerprint density at radius 2 is 1.89 bits per heavy atom. The van der Waals surface area contributed by atoms with Gasteiger partial charge >= 0.3 is 0 Å². The predicted octanol–water partition coefficient (Wildman–Crippen LogP) is 2.64. The molecule has 0 aliphatic heterocycles. The number of hydrogen-bond acceptors (Lipinski definition) is 3. The van der Waals surface area contributed by atoms with Crippen molar-refractivity contribution in [3.8, 4) is 0 Å². The van der Waals surface area contributed by atoms with Crippen LogP contribution in [0.2, 0.25) is 0 Å². The van der Waals surface area contributed by atoms with Crippen molar-refractivity contribution in [2.75, 3.05) is 40.8 Å². The van der Waals surface area contributed by atoms with Crippen LogP contribution in [0.15, 0.2) is 29.3 Å². The molecule has 2 rings (SSSR count). The van der Waals surface area contributed by atoms with E-state index in [9.17, 15) is 4.79 Å². The topological polar surface area (TPSA) is 68.8 Å². The normalized spacial score (nSPS) is 15.1.